The number of piperazine rings is 1. The molecular weight excluding hydrogens is 266 g/mol. The van der Waals surface area contributed by atoms with Crippen molar-refractivity contribution in [2.24, 2.45) is 0 Å². The number of nitrogens with one attached hydrogen (secondary N) is 2. The molecule has 0 aliphatic carbocycles. The Bertz CT molecular complexity index is 510. The molecule has 2 amide bonds. The normalized spacial score (nSPS) is 23.1. The molecule has 2 saturated heterocycles. The summed E-state index contributed by atoms with van der Waals surface area (Å²) in [6, 6.07) is 10.2. The summed E-state index contributed by atoms with van der Waals surface area (Å²) in [6.07, 6.45) is 1.13. The molecule has 0 spiro atoms. The number of quaternary nitrogens is 1. The average molecular weight is 288 g/mol. The van der Waals surface area contributed by atoms with Crippen molar-refractivity contribution in [2.75, 3.05) is 26.2 Å². The van der Waals surface area contributed by atoms with Crippen LogP contribution < -0.4 is 10.2 Å². The van der Waals surface area contributed by atoms with Crippen LogP contribution in [0.15, 0.2) is 30.3 Å². The molecule has 2 fully saturated rings. The molecule has 2 N–H and O–H groups in total. The summed E-state index contributed by atoms with van der Waals surface area (Å²) in [4.78, 5) is 26.9. The van der Waals surface area contributed by atoms with Crippen molar-refractivity contribution in [1.29, 1.82) is 0 Å². The minimum absolute atomic E-state index is 0.00156. The van der Waals surface area contributed by atoms with Crippen molar-refractivity contribution in [3.8, 4) is 0 Å². The van der Waals surface area contributed by atoms with Crippen molar-refractivity contribution in [1.82, 2.24) is 10.2 Å². The standard InChI is InChI=1S/C16H21N3O2/c20-15-7-6-14(17-15)16(21)19-10-8-18(9-11-19)12-13-4-2-1-3-5-13/h1-5,14H,6-12H2,(H,17,20)/p+1/t14-/m1/s1. The number of rotatable bonds is 3. The third kappa shape index (κ3) is 3.42. The molecule has 1 atom stereocenters. The van der Waals surface area contributed by atoms with Gasteiger partial charge in [0.2, 0.25) is 11.8 Å². The number of benzene rings is 1. The lowest BCUT2D eigenvalue weighted by molar-refractivity contribution is -0.917. The Balaban J connectivity index is 1.49. The molecule has 0 bridgehead atoms. The molecule has 1 aromatic rings. The van der Waals surface area contributed by atoms with Crippen LogP contribution in [0.3, 0.4) is 0 Å². The number of hydrogen-bond donors (Lipinski definition) is 2. The van der Waals surface area contributed by atoms with Gasteiger partial charge in [-0.25, -0.2) is 0 Å². The second-order valence-corrected chi connectivity index (χ2v) is 5.90. The number of carbonyl (C=O) groups is 2. The summed E-state index contributed by atoms with van der Waals surface area (Å²) in [5.41, 5.74) is 1.34. The fraction of sp³-hybridized carbons (Fsp3) is 0.500. The van der Waals surface area contributed by atoms with E-state index in [4.69, 9.17) is 0 Å². The second kappa shape index (κ2) is 6.26. The van der Waals surface area contributed by atoms with E-state index < -0.39 is 0 Å². The van der Waals surface area contributed by atoms with Gasteiger partial charge in [-0.15, -0.1) is 0 Å². The predicted octanol–water partition coefficient (Wildman–Crippen LogP) is -0.808. The van der Waals surface area contributed by atoms with E-state index in [9.17, 15) is 9.59 Å². The van der Waals surface area contributed by atoms with Crippen LogP contribution in [0.4, 0.5) is 0 Å². The molecule has 3 rings (SSSR count). The van der Waals surface area contributed by atoms with Gasteiger partial charge in [0.25, 0.3) is 0 Å². The van der Waals surface area contributed by atoms with Crippen molar-refractivity contribution in [3.63, 3.8) is 0 Å². The molecule has 1 aromatic carbocycles. The van der Waals surface area contributed by atoms with Gasteiger partial charge in [-0.3, -0.25) is 9.59 Å². The second-order valence-electron chi connectivity index (χ2n) is 5.90. The van der Waals surface area contributed by atoms with Gasteiger partial charge in [-0.05, 0) is 6.42 Å². The smallest absolute Gasteiger partial charge is 0.245 e. The zero-order valence-electron chi connectivity index (χ0n) is 12.2. The van der Waals surface area contributed by atoms with E-state index in [0.29, 0.717) is 12.8 Å². The number of hydrogen-bond acceptors (Lipinski definition) is 2. The van der Waals surface area contributed by atoms with E-state index in [1.807, 2.05) is 11.0 Å². The Morgan fingerprint density at radius 3 is 2.57 bits per heavy atom. The molecule has 0 saturated carbocycles. The van der Waals surface area contributed by atoms with E-state index in [-0.39, 0.29) is 17.9 Å². The Kier molecular flexibility index (Phi) is 4.20. The van der Waals surface area contributed by atoms with Crippen molar-refractivity contribution < 1.29 is 14.5 Å². The maximum Gasteiger partial charge on any atom is 0.245 e. The Morgan fingerprint density at radius 1 is 1.24 bits per heavy atom. The lowest BCUT2D eigenvalue weighted by Gasteiger charge is -2.33. The van der Waals surface area contributed by atoms with Crippen LogP contribution >= 0.6 is 0 Å². The molecule has 21 heavy (non-hydrogen) atoms. The first-order valence-corrected chi connectivity index (χ1v) is 7.68. The minimum atomic E-state index is -0.284. The monoisotopic (exact) mass is 288 g/mol. The van der Waals surface area contributed by atoms with Crippen molar-refractivity contribution >= 4 is 11.8 Å². The largest absolute Gasteiger partial charge is 0.344 e. The highest BCUT2D eigenvalue weighted by Gasteiger charge is 2.33. The SMILES string of the molecule is O=C1CC[C@H](C(=O)N2CC[NH+](Cc3ccccc3)CC2)N1. The van der Waals surface area contributed by atoms with Gasteiger partial charge in [0.1, 0.15) is 12.6 Å². The Hall–Kier alpha value is -1.88. The van der Waals surface area contributed by atoms with Crippen LogP contribution in [-0.2, 0) is 16.1 Å². The zero-order chi connectivity index (χ0) is 14.7. The molecule has 0 aromatic heterocycles. The summed E-state index contributed by atoms with van der Waals surface area (Å²) >= 11 is 0. The Morgan fingerprint density at radius 2 is 1.95 bits per heavy atom. The van der Waals surface area contributed by atoms with Crippen molar-refractivity contribution in [2.45, 2.75) is 25.4 Å². The third-order valence-electron chi connectivity index (χ3n) is 4.37. The lowest BCUT2D eigenvalue weighted by Crippen LogP contribution is -3.13. The summed E-state index contributed by atoms with van der Waals surface area (Å²) in [7, 11) is 0. The molecule has 2 heterocycles. The average Bonchev–Trinajstić information content (AvgIpc) is 2.95. The highest BCUT2D eigenvalue weighted by atomic mass is 16.2. The molecular formula is C16H22N3O2+. The summed E-state index contributed by atoms with van der Waals surface area (Å²) in [6.45, 7) is 4.53. The predicted molar refractivity (Wildman–Crippen MR) is 78.6 cm³/mol. The molecule has 0 unspecified atom stereocenters. The van der Waals surface area contributed by atoms with Crippen LogP contribution in [0.1, 0.15) is 18.4 Å². The number of nitrogens with zero attached hydrogens (tertiary/aromatic N) is 1. The van der Waals surface area contributed by atoms with Gasteiger partial charge < -0.3 is 15.1 Å². The maximum absolute atomic E-state index is 12.3. The highest BCUT2D eigenvalue weighted by Crippen LogP contribution is 2.10. The van der Waals surface area contributed by atoms with Crippen LogP contribution in [0.2, 0.25) is 0 Å². The fourth-order valence-corrected chi connectivity index (χ4v) is 3.12. The minimum Gasteiger partial charge on any atom is -0.344 e. The van der Waals surface area contributed by atoms with Gasteiger partial charge in [0.15, 0.2) is 0 Å². The molecule has 2 aliphatic heterocycles. The summed E-state index contributed by atoms with van der Waals surface area (Å²) in [5, 5.41) is 2.77. The number of carbonyl (C=O) groups excluding carboxylic acids is 2. The topological polar surface area (TPSA) is 53.9 Å². The zero-order valence-corrected chi connectivity index (χ0v) is 12.2. The van der Waals surface area contributed by atoms with Gasteiger partial charge >= 0.3 is 0 Å². The van der Waals surface area contributed by atoms with Crippen LogP contribution in [0.25, 0.3) is 0 Å². The summed E-state index contributed by atoms with van der Waals surface area (Å²) in [5.74, 6) is 0.0984. The van der Waals surface area contributed by atoms with Crippen LogP contribution in [0.5, 0.6) is 0 Å². The quantitative estimate of drug-likeness (QED) is 0.764. The van der Waals surface area contributed by atoms with Gasteiger partial charge in [0, 0.05) is 12.0 Å². The van der Waals surface area contributed by atoms with Crippen LogP contribution in [0, 0.1) is 0 Å². The maximum atomic E-state index is 12.3. The molecule has 0 radical (unpaired) electrons. The molecule has 2 aliphatic rings. The van der Waals surface area contributed by atoms with E-state index >= 15 is 0 Å². The molecule has 112 valence electrons. The van der Waals surface area contributed by atoms with Gasteiger partial charge in [-0.2, -0.15) is 0 Å². The lowest BCUT2D eigenvalue weighted by atomic mass is 10.1. The Labute approximate surface area is 124 Å². The van der Waals surface area contributed by atoms with Crippen LogP contribution in [-0.4, -0.2) is 48.9 Å². The van der Waals surface area contributed by atoms with E-state index in [1.165, 1.54) is 10.5 Å². The first-order chi connectivity index (χ1) is 10.2. The third-order valence-corrected chi connectivity index (χ3v) is 4.37. The van der Waals surface area contributed by atoms with E-state index in [1.54, 1.807) is 0 Å². The van der Waals surface area contributed by atoms with Gasteiger partial charge in [-0.1, -0.05) is 30.3 Å². The molecule has 5 nitrogen and oxygen atoms in total. The van der Waals surface area contributed by atoms with E-state index in [0.717, 1.165) is 32.7 Å². The van der Waals surface area contributed by atoms with Crippen molar-refractivity contribution in [3.05, 3.63) is 35.9 Å². The van der Waals surface area contributed by atoms with Gasteiger partial charge in [0.05, 0.1) is 26.2 Å². The first-order valence-electron chi connectivity index (χ1n) is 7.68. The highest BCUT2D eigenvalue weighted by molar-refractivity contribution is 5.90. The number of amides is 2. The fourth-order valence-electron chi connectivity index (χ4n) is 3.12. The van der Waals surface area contributed by atoms with E-state index in [2.05, 4.69) is 29.6 Å². The first kappa shape index (κ1) is 14.1. The summed E-state index contributed by atoms with van der Waals surface area (Å²) < 4.78 is 0. The molecule has 5 heteroatoms.